The zero-order chi connectivity index (χ0) is 11.9. The van der Waals surface area contributed by atoms with Crippen LogP contribution in [-0.4, -0.2) is 6.61 Å². The predicted octanol–water partition coefficient (Wildman–Crippen LogP) is 3.88. The van der Waals surface area contributed by atoms with Crippen LogP contribution in [0, 0.1) is 6.92 Å². The molecule has 0 fully saturated rings. The fourth-order valence-electron chi connectivity index (χ4n) is 1.75. The molecule has 0 saturated carbocycles. The Kier molecular flexibility index (Phi) is 4.20. The van der Waals surface area contributed by atoms with Crippen LogP contribution in [0.5, 0.6) is 5.75 Å². The van der Waals surface area contributed by atoms with Crippen molar-refractivity contribution in [2.75, 3.05) is 6.61 Å². The Bertz CT molecular complexity index is 448. The molecular weight excluding hydrogens is 208 g/mol. The number of aryl methyl sites for hydroxylation is 1. The highest BCUT2D eigenvalue weighted by molar-refractivity contribution is 5.29. The lowest BCUT2D eigenvalue weighted by atomic mass is 10.1. The fraction of sp³-hybridized carbons (Fsp3) is 0.188. The van der Waals surface area contributed by atoms with Crippen molar-refractivity contribution in [3.63, 3.8) is 0 Å². The fourth-order valence-corrected chi connectivity index (χ4v) is 1.75. The van der Waals surface area contributed by atoms with Gasteiger partial charge in [-0.15, -0.1) is 0 Å². The molecule has 2 aromatic rings. The van der Waals surface area contributed by atoms with Crippen LogP contribution in [0.15, 0.2) is 54.6 Å². The molecule has 0 aliphatic rings. The Morgan fingerprint density at radius 2 is 1.76 bits per heavy atom. The maximum Gasteiger partial charge on any atom is 0.119 e. The largest absolute Gasteiger partial charge is 0.494 e. The molecule has 17 heavy (non-hydrogen) atoms. The molecule has 0 aliphatic carbocycles. The summed E-state index contributed by atoms with van der Waals surface area (Å²) in [6, 6.07) is 18.4. The highest BCUT2D eigenvalue weighted by atomic mass is 16.5. The van der Waals surface area contributed by atoms with Gasteiger partial charge in [0.1, 0.15) is 5.75 Å². The van der Waals surface area contributed by atoms with Crippen molar-refractivity contribution in [2.45, 2.75) is 12.8 Å². The average Bonchev–Trinajstić information content (AvgIpc) is 2.36. The van der Waals surface area contributed by atoms with Gasteiger partial charge in [0.25, 0.3) is 0 Å². The maximum atomic E-state index is 5.67. The van der Waals surface area contributed by atoms with Gasteiger partial charge in [0, 0.05) is 0 Å². The van der Waals surface area contributed by atoms with Crippen LogP contribution in [0.1, 0.15) is 17.5 Å². The lowest BCUT2D eigenvalue weighted by Crippen LogP contribution is -1.99. The zero-order valence-electron chi connectivity index (χ0n) is 9.93. The first-order chi connectivity index (χ1) is 8.34. The molecule has 0 amide bonds. The molecule has 0 atom stereocenters. The van der Waals surface area contributed by atoms with Gasteiger partial charge < -0.3 is 4.74 Å². The first-order valence-electron chi connectivity index (χ1n) is 5.93. The number of hydrogen-bond acceptors (Lipinski definition) is 1. The van der Waals surface area contributed by atoms with E-state index in [0.29, 0.717) is 0 Å². The standard InChI is InChI=1S/C16H17O/c1-14-7-5-11-16(13-14)17-12-6-10-15-8-3-2-4-9-15/h2-5,7-9,11,13H,1,6,10,12H2. The van der Waals surface area contributed by atoms with Crippen molar-refractivity contribution in [1.82, 2.24) is 0 Å². The van der Waals surface area contributed by atoms with Crippen LogP contribution in [0.4, 0.5) is 0 Å². The van der Waals surface area contributed by atoms with Gasteiger partial charge in [-0.3, -0.25) is 0 Å². The van der Waals surface area contributed by atoms with E-state index < -0.39 is 0 Å². The summed E-state index contributed by atoms with van der Waals surface area (Å²) in [4.78, 5) is 0. The highest BCUT2D eigenvalue weighted by Gasteiger charge is 1.95. The van der Waals surface area contributed by atoms with Crippen molar-refractivity contribution >= 4 is 0 Å². The predicted molar refractivity (Wildman–Crippen MR) is 71.2 cm³/mol. The molecular formula is C16H17O. The van der Waals surface area contributed by atoms with E-state index in [-0.39, 0.29) is 0 Å². The Morgan fingerprint density at radius 1 is 0.941 bits per heavy atom. The number of ether oxygens (including phenoxy) is 1. The molecule has 1 radical (unpaired) electrons. The zero-order valence-corrected chi connectivity index (χ0v) is 9.93. The van der Waals surface area contributed by atoms with Gasteiger partial charge >= 0.3 is 0 Å². The molecule has 0 aliphatic heterocycles. The van der Waals surface area contributed by atoms with Crippen LogP contribution in [0.25, 0.3) is 0 Å². The molecule has 1 nitrogen and oxygen atoms in total. The Labute approximate surface area is 103 Å². The summed E-state index contributed by atoms with van der Waals surface area (Å²) in [5, 5.41) is 0. The first kappa shape index (κ1) is 11.7. The second kappa shape index (κ2) is 6.09. The molecule has 0 spiro atoms. The number of rotatable bonds is 5. The summed E-state index contributed by atoms with van der Waals surface area (Å²) in [5.74, 6) is 0.908. The van der Waals surface area contributed by atoms with Crippen molar-refractivity contribution < 1.29 is 4.74 Å². The van der Waals surface area contributed by atoms with E-state index in [9.17, 15) is 0 Å². The van der Waals surface area contributed by atoms with E-state index in [2.05, 4.69) is 31.2 Å². The third kappa shape index (κ3) is 3.95. The highest BCUT2D eigenvalue weighted by Crippen LogP contribution is 2.13. The van der Waals surface area contributed by atoms with Crippen molar-refractivity contribution in [1.29, 1.82) is 0 Å². The van der Waals surface area contributed by atoms with E-state index in [0.717, 1.165) is 30.8 Å². The molecule has 2 rings (SSSR count). The van der Waals surface area contributed by atoms with Crippen molar-refractivity contribution in [3.8, 4) is 5.75 Å². The Balaban J connectivity index is 1.73. The van der Waals surface area contributed by atoms with Gasteiger partial charge in [-0.05, 0) is 43.0 Å². The van der Waals surface area contributed by atoms with Crippen molar-refractivity contribution in [2.24, 2.45) is 0 Å². The molecule has 0 N–H and O–H groups in total. The van der Waals surface area contributed by atoms with E-state index in [1.165, 1.54) is 5.56 Å². The summed E-state index contributed by atoms with van der Waals surface area (Å²) < 4.78 is 5.67. The minimum absolute atomic E-state index is 0.748. The van der Waals surface area contributed by atoms with E-state index in [1.807, 2.05) is 30.3 Å². The Morgan fingerprint density at radius 3 is 2.53 bits per heavy atom. The molecule has 0 unspecified atom stereocenters. The van der Waals surface area contributed by atoms with Crippen molar-refractivity contribution in [3.05, 3.63) is 72.6 Å². The van der Waals surface area contributed by atoms with Gasteiger partial charge in [-0.2, -0.15) is 0 Å². The van der Waals surface area contributed by atoms with Crippen LogP contribution in [0.3, 0.4) is 0 Å². The normalized spacial score (nSPS) is 10.2. The van der Waals surface area contributed by atoms with Crippen LogP contribution in [-0.2, 0) is 6.42 Å². The molecule has 2 aromatic carbocycles. The lowest BCUT2D eigenvalue weighted by molar-refractivity contribution is 0.311. The summed E-state index contributed by atoms with van der Waals surface area (Å²) >= 11 is 0. The third-order valence-electron chi connectivity index (χ3n) is 2.62. The molecule has 1 heteroatoms. The van der Waals surface area contributed by atoms with E-state index in [4.69, 9.17) is 4.74 Å². The van der Waals surface area contributed by atoms with E-state index >= 15 is 0 Å². The van der Waals surface area contributed by atoms with Gasteiger partial charge in [-0.1, -0.05) is 42.5 Å². The van der Waals surface area contributed by atoms with E-state index in [1.54, 1.807) is 0 Å². The van der Waals surface area contributed by atoms with Gasteiger partial charge in [0.2, 0.25) is 0 Å². The second-order valence-electron chi connectivity index (χ2n) is 4.09. The van der Waals surface area contributed by atoms with Crippen LogP contribution >= 0.6 is 0 Å². The number of hydrogen-bond donors (Lipinski definition) is 0. The SMILES string of the molecule is [CH2]c1cccc(OCCCc2ccccc2)c1. The number of benzene rings is 2. The minimum Gasteiger partial charge on any atom is -0.494 e. The van der Waals surface area contributed by atoms with Crippen LogP contribution in [0.2, 0.25) is 0 Å². The van der Waals surface area contributed by atoms with Gasteiger partial charge in [0.15, 0.2) is 0 Å². The molecule has 0 aromatic heterocycles. The second-order valence-corrected chi connectivity index (χ2v) is 4.09. The van der Waals surface area contributed by atoms with Crippen LogP contribution < -0.4 is 4.74 Å². The monoisotopic (exact) mass is 225 g/mol. The molecule has 87 valence electrons. The smallest absolute Gasteiger partial charge is 0.119 e. The third-order valence-corrected chi connectivity index (χ3v) is 2.62. The quantitative estimate of drug-likeness (QED) is 0.702. The molecule has 0 bridgehead atoms. The summed E-state index contributed by atoms with van der Waals surface area (Å²) in [7, 11) is 0. The summed E-state index contributed by atoms with van der Waals surface area (Å²) in [6.45, 7) is 4.63. The average molecular weight is 225 g/mol. The Hall–Kier alpha value is -1.76. The molecule has 0 saturated heterocycles. The first-order valence-corrected chi connectivity index (χ1v) is 5.93. The van der Waals surface area contributed by atoms with Gasteiger partial charge in [0.05, 0.1) is 6.61 Å². The summed E-state index contributed by atoms with van der Waals surface area (Å²) in [5.41, 5.74) is 2.35. The topological polar surface area (TPSA) is 9.23 Å². The maximum absolute atomic E-state index is 5.67. The lowest BCUT2D eigenvalue weighted by Gasteiger charge is -2.06. The minimum atomic E-state index is 0.748. The summed E-state index contributed by atoms with van der Waals surface area (Å²) in [6.07, 6.45) is 2.09. The molecule has 0 heterocycles. The van der Waals surface area contributed by atoms with Gasteiger partial charge in [-0.25, -0.2) is 0 Å².